The largest absolute Gasteiger partial charge is 0.355 e. The van der Waals surface area contributed by atoms with Crippen molar-refractivity contribution in [2.24, 2.45) is 0 Å². The van der Waals surface area contributed by atoms with E-state index in [-0.39, 0.29) is 5.91 Å². The predicted octanol–water partition coefficient (Wildman–Crippen LogP) is 3.56. The summed E-state index contributed by atoms with van der Waals surface area (Å²) in [6, 6.07) is 0. The van der Waals surface area contributed by atoms with Crippen LogP contribution in [0.25, 0.3) is 0 Å². The number of rotatable bonds is 11. The summed E-state index contributed by atoms with van der Waals surface area (Å²) in [5.41, 5.74) is 0. The molecule has 0 aliphatic heterocycles. The van der Waals surface area contributed by atoms with E-state index < -0.39 is 0 Å². The molecule has 3 heteroatoms. The van der Waals surface area contributed by atoms with Crippen LogP contribution in [0, 0.1) is 0 Å². The first-order valence-corrected chi connectivity index (χ1v) is 7.32. The van der Waals surface area contributed by atoms with Crippen LogP contribution in [0.5, 0.6) is 0 Å². The van der Waals surface area contributed by atoms with Gasteiger partial charge in [-0.05, 0) is 6.42 Å². The normalized spacial score (nSPS) is 10.4. The second kappa shape index (κ2) is 12.9. The Hall–Kier alpha value is -0.180. The molecule has 0 atom stereocenters. The van der Waals surface area contributed by atoms with Crippen molar-refractivity contribution in [1.82, 2.24) is 5.32 Å². The van der Waals surface area contributed by atoms with E-state index >= 15 is 0 Å². The molecular formula is C13H27NOS. The minimum absolute atomic E-state index is 0.181. The highest BCUT2D eigenvalue weighted by Crippen LogP contribution is 2.09. The number of nitrogens with one attached hydrogen (secondary N) is 1. The van der Waals surface area contributed by atoms with Gasteiger partial charge in [0, 0.05) is 18.7 Å². The molecule has 0 saturated carbocycles. The maximum atomic E-state index is 11.2. The van der Waals surface area contributed by atoms with E-state index in [1.807, 2.05) is 0 Å². The van der Waals surface area contributed by atoms with E-state index in [9.17, 15) is 4.79 Å². The lowest BCUT2D eigenvalue weighted by Crippen LogP contribution is -2.24. The molecule has 0 fully saturated rings. The zero-order chi connectivity index (χ0) is 12.1. The summed E-state index contributed by atoms with van der Waals surface area (Å²) in [7, 11) is 0. The van der Waals surface area contributed by atoms with Gasteiger partial charge in [-0.25, -0.2) is 0 Å². The molecule has 0 aromatic heterocycles. The van der Waals surface area contributed by atoms with Gasteiger partial charge in [0.25, 0.3) is 0 Å². The van der Waals surface area contributed by atoms with Gasteiger partial charge in [-0.1, -0.05) is 51.9 Å². The molecule has 0 aliphatic rings. The second-order valence-electron chi connectivity index (χ2n) is 4.30. The number of carbonyl (C=O) groups is 1. The first kappa shape index (κ1) is 15.8. The highest BCUT2D eigenvalue weighted by atomic mass is 32.1. The van der Waals surface area contributed by atoms with E-state index in [2.05, 4.69) is 24.9 Å². The van der Waals surface area contributed by atoms with Crippen molar-refractivity contribution in [3.05, 3.63) is 0 Å². The molecule has 16 heavy (non-hydrogen) atoms. The lowest BCUT2D eigenvalue weighted by atomic mass is 10.1. The number of hydrogen-bond acceptors (Lipinski definition) is 2. The van der Waals surface area contributed by atoms with Gasteiger partial charge >= 0.3 is 0 Å². The fourth-order valence-electron chi connectivity index (χ4n) is 1.70. The average Bonchev–Trinajstić information content (AvgIpc) is 2.30. The van der Waals surface area contributed by atoms with E-state index in [4.69, 9.17) is 0 Å². The SMILES string of the molecule is CCCCCCCCCCC(=O)NCCS. The number of amides is 1. The Balaban J connectivity index is 3.05. The number of hydrogen-bond donors (Lipinski definition) is 2. The molecule has 0 aromatic rings. The molecule has 0 spiro atoms. The van der Waals surface area contributed by atoms with Crippen molar-refractivity contribution < 1.29 is 4.79 Å². The Morgan fingerprint density at radius 2 is 1.56 bits per heavy atom. The monoisotopic (exact) mass is 245 g/mol. The number of unbranched alkanes of at least 4 members (excludes halogenated alkanes) is 7. The van der Waals surface area contributed by atoms with Gasteiger partial charge in [-0.2, -0.15) is 12.6 Å². The molecule has 0 radical (unpaired) electrons. The summed E-state index contributed by atoms with van der Waals surface area (Å²) in [5, 5.41) is 2.84. The maximum Gasteiger partial charge on any atom is 0.220 e. The molecule has 0 unspecified atom stereocenters. The van der Waals surface area contributed by atoms with Crippen molar-refractivity contribution in [3.63, 3.8) is 0 Å². The molecule has 2 nitrogen and oxygen atoms in total. The maximum absolute atomic E-state index is 11.2. The Morgan fingerprint density at radius 1 is 1.00 bits per heavy atom. The van der Waals surface area contributed by atoms with Crippen LogP contribution < -0.4 is 5.32 Å². The van der Waals surface area contributed by atoms with Gasteiger partial charge in [0.1, 0.15) is 0 Å². The highest BCUT2D eigenvalue weighted by Gasteiger charge is 1.99. The third-order valence-electron chi connectivity index (χ3n) is 2.69. The molecule has 0 rings (SSSR count). The van der Waals surface area contributed by atoms with Crippen molar-refractivity contribution in [2.75, 3.05) is 12.3 Å². The molecule has 0 bridgehead atoms. The number of thiol groups is 1. The Bertz CT molecular complexity index is 162. The van der Waals surface area contributed by atoms with E-state index in [1.165, 1.54) is 44.9 Å². The predicted molar refractivity (Wildman–Crippen MR) is 74.1 cm³/mol. The van der Waals surface area contributed by atoms with Gasteiger partial charge in [0.2, 0.25) is 5.91 Å². The fraction of sp³-hybridized carbons (Fsp3) is 0.923. The van der Waals surface area contributed by atoms with Crippen LogP contribution in [-0.2, 0) is 4.79 Å². The minimum Gasteiger partial charge on any atom is -0.355 e. The van der Waals surface area contributed by atoms with E-state index in [0.29, 0.717) is 13.0 Å². The molecule has 1 N–H and O–H groups in total. The van der Waals surface area contributed by atoms with Crippen LogP contribution in [0.4, 0.5) is 0 Å². The van der Waals surface area contributed by atoms with Gasteiger partial charge in [0.15, 0.2) is 0 Å². The first-order chi connectivity index (χ1) is 7.81. The van der Waals surface area contributed by atoms with Gasteiger partial charge in [-0.3, -0.25) is 4.79 Å². The second-order valence-corrected chi connectivity index (χ2v) is 4.75. The summed E-state index contributed by atoms with van der Waals surface area (Å²) >= 11 is 4.05. The van der Waals surface area contributed by atoms with Crippen molar-refractivity contribution in [2.45, 2.75) is 64.7 Å². The van der Waals surface area contributed by atoms with E-state index in [1.54, 1.807) is 0 Å². The molecule has 0 aliphatic carbocycles. The Labute approximate surface area is 106 Å². The lowest BCUT2D eigenvalue weighted by Gasteiger charge is -2.03. The van der Waals surface area contributed by atoms with Gasteiger partial charge < -0.3 is 5.32 Å². The average molecular weight is 245 g/mol. The summed E-state index contributed by atoms with van der Waals surface area (Å²) in [6.45, 7) is 2.93. The Morgan fingerprint density at radius 3 is 2.12 bits per heavy atom. The zero-order valence-electron chi connectivity index (χ0n) is 10.6. The number of carbonyl (C=O) groups excluding carboxylic acids is 1. The van der Waals surface area contributed by atoms with Crippen molar-refractivity contribution in [3.8, 4) is 0 Å². The lowest BCUT2D eigenvalue weighted by molar-refractivity contribution is -0.121. The molecule has 96 valence electrons. The van der Waals surface area contributed by atoms with Crippen LogP contribution in [0.15, 0.2) is 0 Å². The third-order valence-corrected chi connectivity index (χ3v) is 2.91. The summed E-state index contributed by atoms with van der Waals surface area (Å²) in [4.78, 5) is 11.2. The van der Waals surface area contributed by atoms with Crippen LogP contribution in [0.2, 0.25) is 0 Å². The molecule has 0 saturated heterocycles. The fourth-order valence-corrected chi connectivity index (χ4v) is 1.81. The first-order valence-electron chi connectivity index (χ1n) is 6.68. The molecule has 1 amide bonds. The van der Waals surface area contributed by atoms with Crippen LogP contribution in [0.3, 0.4) is 0 Å². The van der Waals surface area contributed by atoms with Gasteiger partial charge in [-0.15, -0.1) is 0 Å². The Kier molecular flexibility index (Phi) is 12.7. The summed E-state index contributed by atoms with van der Waals surface area (Å²) < 4.78 is 0. The molecule has 0 heterocycles. The van der Waals surface area contributed by atoms with Crippen LogP contribution >= 0.6 is 12.6 Å². The zero-order valence-corrected chi connectivity index (χ0v) is 11.5. The minimum atomic E-state index is 0.181. The molecular weight excluding hydrogens is 218 g/mol. The van der Waals surface area contributed by atoms with Crippen LogP contribution in [0.1, 0.15) is 64.7 Å². The summed E-state index contributed by atoms with van der Waals surface area (Å²) in [6.07, 6.45) is 10.9. The smallest absolute Gasteiger partial charge is 0.220 e. The highest BCUT2D eigenvalue weighted by molar-refractivity contribution is 7.80. The van der Waals surface area contributed by atoms with Gasteiger partial charge in [0.05, 0.1) is 0 Å². The molecule has 0 aromatic carbocycles. The van der Waals surface area contributed by atoms with Crippen molar-refractivity contribution >= 4 is 18.5 Å². The standard InChI is InChI=1S/C13H27NOS/c1-2-3-4-5-6-7-8-9-10-13(15)14-11-12-16/h16H,2-12H2,1H3,(H,14,15). The quantitative estimate of drug-likeness (QED) is 0.423. The van der Waals surface area contributed by atoms with Crippen molar-refractivity contribution in [1.29, 1.82) is 0 Å². The third kappa shape index (κ3) is 11.9. The van der Waals surface area contributed by atoms with E-state index in [0.717, 1.165) is 12.2 Å². The van der Waals surface area contributed by atoms with Crippen LogP contribution in [-0.4, -0.2) is 18.2 Å². The summed E-state index contributed by atoms with van der Waals surface area (Å²) in [5.74, 6) is 0.906. The topological polar surface area (TPSA) is 29.1 Å².